The molecule has 2 aromatic rings. The first kappa shape index (κ1) is 20.6. The Labute approximate surface area is 176 Å². The van der Waals surface area contributed by atoms with Gasteiger partial charge in [-0.3, -0.25) is 9.59 Å². The summed E-state index contributed by atoms with van der Waals surface area (Å²) in [6.07, 6.45) is 1.57. The van der Waals surface area contributed by atoms with Gasteiger partial charge in [-0.15, -0.1) is 0 Å². The molecule has 2 aliphatic rings. The van der Waals surface area contributed by atoms with Gasteiger partial charge in [-0.2, -0.15) is 0 Å². The molecule has 4 rings (SSSR count). The number of carbonyl (C=O) groups excluding carboxylic acids is 2. The van der Waals surface area contributed by atoms with E-state index in [4.69, 9.17) is 12.2 Å². The molecular weight excluding hydrogens is 417 g/mol. The average molecular weight is 438 g/mol. The first-order valence-corrected chi connectivity index (χ1v) is 10.2. The maximum absolute atomic E-state index is 14.3. The van der Waals surface area contributed by atoms with E-state index in [0.29, 0.717) is 29.1 Å². The summed E-state index contributed by atoms with van der Waals surface area (Å²) in [5.41, 5.74) is 1.01. The molecule has 0 radical (unpaired) electrons. The fraction of sp³-hybridized carbons (Fsp3) is 0.450. The number of nitrogens with one attached hydrogen (secondary N) is 2. The van der Waals surface area contributed by atoms with Crippen LogP contribution in [0, 0.1) is 22.2 Å². The van der Waals surface area contributed by atoms with Gasteiger partial charge in [0.25, 0.3) is 0 Å². The third-order valence-electron chi connectivity index (χ3n) is 5.86. The lowest BCUT2D eigenvalue weighted by molar-refractivity contribution is -0.129. The summed E-state index contributed by atoms with van der Waals surface area (Å²) < 4.78 is 46.0. The van der Waals surface area contributed by atoms with E-state index in [2.05, 4.69) is 10.6 Å². The lowest BCUT2D eigenvalue weighted by atomic mass is 9.95. The van der Waals surface area contributed by atoms with Gasteiger partial charge in [-0.1, -0.05) is 0 Å². The zero-order valence-corrected chi connectivity index (χ0v) is 17.1. The van der Waals surface area contributed by atoms with Crippen molar-refractivity contribution in [3.8, 4) is 0 Å². The fourth-order valence-corrected chi connectivity index (χ4v) is 4.63. The van der Waals surface area contributed by atoms with E-state index in [9.17, 15) is 22.8 Å². The molecular formula is C20H21F3N4O2S. The maximum atomic E-state index is 14.3. The summed E-state index contributed by atoms with van der Waals surface area (Å²) in [6, 6.07) is 1.11. The Morgan fingerprint density at radius 3 is 2.77 bits per heavy atom. The average Bonchev–Trinajstić information content (AvgIpc) is 3.22. The Kier molecular flexibility index (Phi) is 5.44. The van der Waals surface area contributed by atoms with Crippen LogP contribution in [0.4, 0.5) is 13.2 Å². The first-order valence-electron chi connectivity index (χ1n) is 9.75. The van der Waals surface area contributed by atoms with Crippen LogP contribution in [0.5, 0.6) is 0 Å². The molecule has 0 aliphatic carbocycles. The number of carbonyl (C=O) groups is 2. The summed E-state index contributed by atoms with van der Waals surface area (Å²) in [6.45, 7) is 0.799. The summed E-state index contributed by atoms with van der Waals surface area (Å²) >= 11 is 5.44. The van der Waals surface area contributed by atoms with Gasteiger partial charge in [0.05, 0.1) is 6.42 Å². The summed E-state index contributed by atoms with van der Waals surface area (Å²) in [5, 5.41) is 5.45. The van der Waals surface area contributed by atoms with Crippen molar-refractivity contribution in [1.29, 1.82) is 0 Å². The summed E-state index contributed by atoms with van der Waals surface area (Å²) in [4.78, 5) is 24.5. The summed E-state index contributed by atoms with van der Waals surface area (Å²) in [5.74, 6) is -4.25. The van der Waals surface area contributed by atoms with Gasteiger partial charge in [0.15, 0.2) is 16.4 Å². The Morgan fingerprint density at radius 1 is 1.30 bits per heavy atom. The number of halogens is 3. The molecule has 2 atom stereocenters. The van der Waals surface area contributed by atoms with Crippen molar-refractivity contribution in [2.45, 2.75) is 44.2 Å². The van der Waals surface area contributed by atoms with Crippen LogP contribution in [-0.2, 0) is 36.0 Å². The van der Waals surface area contributed by atoms with Crippen molar-refractivity contribution < 1.29 is 22.8 Å². The third-order valence-corrected chi connectivity index (χ3v) is 6.35. The van der Waals surface area contributed by atoms with E-state index in [1.54, 1.807) is 16.2 Å². The molecule has 0 unspecified atom stereocenters. The van der Waals surface area contributed by atoms with Crippen LogP contribution < -0.4 is 10.6 Å². The molecule has 10 heteroatoms. The van der Waals surface area contributed by atoms with E-state index in [-0.39, 0.29) is 36.8 Å². The number of imidazole rings is 1. The van der Waals surface area contributed by atoms with Crippen LogP contribution in [0.2, 0.25) is 0 Å². The molecule has 0 spiro atoms. The minimum Gasteiger partial charge on any atom is -0.354 e. The van der Waals surface area contributed by atoms with Gasteiger partial charge in [0.2, 0.25) is 11.8 Å². The Hall–Kier alpha value is -2.62. The highest BCUT2D eigenvalue weighted by molar-refractivity contribution is 7.71. The molecule has 3 heterocycles. The predicted octanol–water partition coefficient (Wildman–Crippen LogP) is 2.25. The molecule has 0 bridgehead atoms. The van der Waals surface area contributed by atoms with Gasteiger partial charge in [0, 0.05) is 43.0 Å². The quantitative estimate of drug-likeness (QED) is 0.569. The topological polar surface area (TPSA) is 68.1 Å². The lowest BCUT2D eigenvalue weighted by Crippen LogP contribution is -2.50. The number of aromatic nitrogens is 2. The van der Waals surface area contributed by atoms with Crippen LogP contribution in [0.15, 0.2) is 12.1 Å². The van der Waals surface area contributed by atoms with Crippen molar-refractivity contribution in [3.05, 3.63) is 51.3 Å². The Morgan fingerprint density at radius 2 is 2.03 bits per heavy atom. The predicted molar refractivity (Wildman–Crippen MR) is 105 cm³/mol. The van der Waals surface area contributed by atoms with E-state index in [1.807, 2.05) is 0 Å². The normalized spacial score (nSPS) is 20.7. The minimum absolute atomic E-state index is 0.0207. The second-order valence-electron chi connectivity index (χ2n) is 7.73. The van der Waals surface area contributed by atoms with Crippen LogP contribution in [0.3, 0.4) is 0 Å². The zero-order chi connectivity index (χ0) is 21.6. The highest BCUT2D eigenvalue weighted by Gasteiger charge is 2.33. The van der Waals surface area contributed by atoms with Crippen LogP contribution in [0.1, 0.15) is 35.7 Å². The molecule has 2 aliphatic heterocycles. The maximum Gasteiger partial charge on any atom is 0.242 e. The molecule has 30 heavy (non-hydrogen) atoms. The smallest absolute Gasteiger partial charge is 0.242 e. The largest absolute Gasteiger partial charge is 0.354 e. The number of benzene rings is 1. The van der Waals surface area contributed by atoms with Crippen molar-refractivity contribution in [2.24, 2.45) is 7.05 Å². The van der Waals surface area contributed by atoms with Crippen molar-refractivity contribution in [1.82, 2.24) is 19.8 Å². The van der Waals surface area contributed by atoms with Gasteiger partial charge >= 0.3 is 0 Å². The van der Waals surface area contributed by atoms with Crippen molar-refractivity contribution >= 4 is 24.0 Å². The van der Waals surface area contributed by atoms with Crippen molar-refractivity contribution in [2.75, 3.05) is 6.54 Å². The van der Waals surface area contributed by atoms with Gasteiger partial charge < -0.3 is 19.8 Å². The molecule has 1 aromatic carbocycles. The minimum atomic E-state index is -1.19. The number of piperidine rings is 1. The zero-order valence-electron chi connectivity index (χ0n) is 16.3. The Bertz CT molecular complexity index is 1090. The molecule has 1 fully saturated rings. The van der Waals surface area contributed by atoms with Gasteiger partial charge in [-0.05, 0) is 43.6 Å². The fourth-order valence-electron chi connectivity index (χ4n) is 4.33. The monoisotopic (exact) mass is 438 g/mol. The highest BCUT2D eigenvalue weighted by atomic mass is 32.1. The second-order valence-corrected chi connectivity index (χ2v) is 8.10. The third kappa shape index (κ3) is 3.53. The number of nitrogens with zero attached hydrogens (tertiary/aromatic N) is 2. The van der Waals surface area contributed by atoms with Crippen molar-refractivity contribution in [3.63, 3.8) is 0 Å². The standard InChI is InChI=1S/C20H21F3N4O2S/c1-26-14(8-16(28)25-13-3-2-6-24-19(13)29)15-7-10(9-27(15)20(26)30)17-11(21)4-5-12(22)18(17)23/h4-5,10,13H,2-3,6-9H2,1H3,(H,24,29)(H,25,28)/t10-,13+/m0/s1. The Balaban J connectivity index is 1.57. The van der Waals surface area contributed by atoms with Crippen LogP contribution >= 0.6 is 12.2 Å². The van der Waals surface area contributed by atoms with E-state index in [0.717, 1.165) is 18.6 Å². The van der Waals surface area contributed by atoms with E-state index < -0.39 is 29.4 Å². The van der Waals surface area contributed by atoms with Crippen LogP contribution in [0.25, 0.3) is 0 Å². The molecule has 1 saturated heterocycles. The number of hydrogen-bond acceptors (Lipinski definition) is 3. The van der Waals surface area contributed by atoms with Gasteiger partial charge in [-0.25, -0.2) is 13.2 Å². The summed E-state index contributed by atoms with van der Waals surface area (Å²) in [7, 11) is 1.72. The first-order chi connectivity index (χ1) is 14.3. The van der Waals surface area contributed by atoms with E-state index >= 15 is 0 Å². The molecule has 2 amide bonds. The molecule has 0 saturated carbocycles. The molecule has 2 N–H and O–H groups in total. The molecule has 160 valence electrons. The van der Waals surface area contributed by atoms with E-state index in [1.165, 1.54) is 0 Å². The number of hydrogen-bond donors (Lipinski definition) is 2. The van der Waals surface area contributed by atoms with Crippen LogP contribution in [-0.4, -0.2) is 33.5 Å². The number of fused-ring (bicyclic) bond motifs is 1. The SMILES string of the molecule is Cn1c(CC(=O)N[C@@H]2CCCNC2=O)c2n(c1=S)C[C@@H](c1c(F)ccc(F)c1F)C2. The number of rotatable bonds is 4. The van der Waals surface area contributed by atoms with Gasteiger partial charge in [0.1, 0.15) is 11.9 Å². The molecule has 6 nitrogen and oxygen atoms in total. The highest BCUT2D eigenvalue weighted by Crippen LogP contribution is 2.36. The second kappa shape index (κ2) is 7.90. The number of amides is 2. The lowest BCUT2D eigenvalue weighted by Gasteiger charge is -2.22. The molecule has 1 aromatic heterocycles.